The molecule has 0 aromatic heterocycles. The first-order valence-corrected chi connectivity index (χ1v) is 7.26. The van der Waals surface area contributed by atoms with Gasteiger partial charge >= 0.3 is 0 Å². The first kappa shape index (κ1) is 14.8. The monoisotopic (exact) mass is 273 g/mol. The van der Waals surface area contributed by atoms with E-state index in [1.54, 1.807) is 6.08 Å². The second kappa shape index (κ2) is 7.25. The van der Waals surface area contributed by atoms with Crippen molar-refractivity contribution in [3.63, 3.8) is 0 Å². The molecule has 1 aromatic rings. The molecular formula is C17H23NO2. The second-order valence-corrected chi connectivity index (χ2v) is 5.38. The Morgan fingerprint density at radius 2 is 2.10 bits per heavy atom. The third kappa shape index (κ3) is 3.70. The molecule has 108 valence electrons. The predicted molar refractivity (Wildman–Crippen MR) is 80.8 cm³/mol. The fraction of sp³-hybridized carbons (Fsp3) is 0.471. The molecule has 1 amide bonds. The highest BCUT2D eigenvalue weighted by Crippen LogP contribution is 2.20. The van der Waals surface area contributed by atoms with Gasteiger partial charge in [-0.3, -0.25) is 4.79 Å². The molecule has 0 radical (unpaired) electrons. The van der Waals surface area contributed by atoms with Gasteiger partial charge in [-0.05, 0) is 37.3 Å². The van der Waals surface area contributed by atoms with E-state index in [2.05, 4.69) is 6.58 Å². The Balaban J connectivity index is 1.86. The van der Waals surface area contributed by atoms with E-state index < -0.39 is 0 Å². The van der Waals surface area contributed by atoms with Crippen molar-refractivity contribution in [2.45, 2.75) is 19.8 Å². The lowest BCUT2D eigenvalue weighted by molar-refractivity contribution is 0.0575. The number of rotatable bonds is 5. The number of piperidine rings is 1. The lowest BCUT2D eigenvalue weighted by atomic mass is 9.96. The van der Waals surface area contributed by atoms with Crippen LogP contribution in [-0.2, 0) is 4.74 Å². The van der Waals surface area contributed by atoms with Crippen molar-refractivity contribution in [3.05, 3.63) is 48.0 Å². The van der Waals surface area contributed by atoms with Crippen LogP contribution in [0.25, 0.3) is 0 Å². The molecule has 0 unspecified atom stereocenters. The van der Waals surface area contributed by atoms with E-state index >= 15 is 0 Å². The molecule has 0 saturated carbocycles. The highest BCUT2D eigenvalue weighted by Gasteiger charge is 2.24. The molecule has 1 aliphatic rings. The lowest BCUT2D eigenvalue weighted by Gasteiger charge is -2.32. The Morgan fingerprint density at radius 3 is 2.75 bits per heavy atom. The highest BCUT2D eigenvalue weighted by molar-refractivity contribution is 5.95. The van der Waals surface area contributed by atoms with Crippen molar-refractivity contribution in [3.8, 4) is 0 Å². The molecule has 0 N–H and O–H groups in total. The summed E-state index contributed by atoms with van der Waals surface area (Å²) in [5.41, 5.74) is 1.88. The van der Waals surface area contributed by atoms with Crippen LogP contribution in [0.1, 0.15) is 28.8 Å². The minimum Gasteiger partial charge on any atom is -0.377 e. The molecule has 20 heavy (non-hydrogen) atoms. The maximum atomic E-state index is 12.5. The number of amides is 1. The van der Waals surface area contributed by atoms with E-state index in [0.717, 1.165) is 43.7 Å². The summed E-state index contributed by atoms with van der Waals surface area (Å²) in [5, 5.41) is 0. The molecule has 3 heteroatoms. The predicted octanol–water partition coefficient (Wildman–Crippen LogP) is 3.05. The summed E-state index contributed by atoms with van der Waals surface area (Å²) in [5.74, 6) is 0.726. The van der Waals surface area contributed by atoms with Crippen LogP contribution in [0.2, 0.25) is 0 Å². The van der Waals surface area contributed by atoms with E-state index in [1.807, 2.05) is 36.1 Å². The number of likely N-dealkylation sites (tertiary alicyclic amines) is 1. The van der Waals surface area contributed by atoms with Crippen molar-refractivity contribution in [1.29, 1.82) is 0 Å². The molecule has 1 saturated heterocycles. The number of carbonyl (C=O) groups is 1. The molecule has 1 aliphatic heterocycles. The van der Waals surface area contributed by atoms with Gasteiger partial charge in [-0.15, -0.1) is 6.58 Å². The molecule has 2 rings (SSSR count). The van der Waals surface area contributed by atoms with Crippen LogP contribution in [-0.4, -0.2) is 37.1 Å². The van der Waals surface area contributed by atoms with Crippen LogP contribution in [0.5, 0.6) is 0 Å². The van der Waals surface area contributed by atoms with Crippen LogP contribution in [0.3, 0.4) is 0 Å². The van der Waals surface area contributed by atoms with Crippen LogP contribution in [0.4, 0.5) is 0 Å². The van der Waals surface area contributed by atoms with E-state index in [4.69, 9.17) is 4.74 Å². The first-order valence-electron chi connectivity index (χ1n) is 7.26. The van der Waals surface area contributed by atoms with Gasteiger partial charge in [-0.2, -0.15) is 0 Å². The third-order valence-electron chi connectivity index (χ3n) is 3.87. The Hall–Kier alpha value is -1.61. The largest absolute Gasteiger partial charge is 0.377 e. The van der Waals surface area contributed by atoms with Crippen molar-refractivity contribution in [2.75, 3.05) is 26.3 Å². The lowest BCUT2D eigenvalue weighted by Crippen LogP contribution is -2.39. The molecule has 0 spiro atoms. The van der Waals surface area contributed by atoms with Crippen LogP contribution in [0, 0.1) is 12.8 Å². The van der Waals surface area contributed by atoms with Gasteiger partial charge < -0.3 is 9.64 Å². The van der Waals surface area contributed by atoms with E-state index in [-0.39, 0.29) is 5.91 Å². The molecule has 1 aromatic carbocycles. The van der Waals surface area contributed by atoms with Crippen molar-refractivity contribution in [1.82, 2.24) is 4.90 Å². The summed E-state index contributed by atoms with van der Waals surface area (Å²) in [4.78, 5) is 14.4. The summed E-state index contributed by atoms with van der Waals surface area (Å²) in [6.07, 6.45) is 3.82. The van der Waals surface area contributed by atoms with Gasteiger partial charge in [0.25, 0.3) is 5.91 Å². The number of aryl methyl sites for hydroxylation is 1. The zero-order valence-electron chi connectivity index (χ0n) is 12.2. The van der Waals surface area contributed by atoms with Crippen LogP contribution < -0.4 is 0 Å². The highest BCUT2D eigenvalue weighted by atomic mass is 16.5. The van der Waals surface area contributed by atoms with Gasteiger partial charge in [0.05, 0.1) is 6.61 Å². The molecule has 0 bridgehead atoms. The van der Waals surface area contributed by atoms with Gasteiger partial charge in [0.15, 0.2) is 0 Å². The van der Waals surface area contributed by atoms with Crippen molar-refractivity contribution in [2.24, 2.45) is 5.92 Å². The topological polar surface area (TPSA) is 29.5 Å². The fourth-order valence-corrected chi connectivity index (χ4v) is 2.60. The molecule has 3 nitrogen and oxygen atoms in total. The fourth-order valence-electron chi connectivity index (χ4n) is 2.60. The Morgan fingerprint density at radius 1 is 1.40 bits per heavy atom. The third-order valence-corrected chi connectivity index (χ3v) is 3.87. The quantitative estimate of drug-likeness (QED) is 0.609. The van der Waals surface area contributed by atoms with Crippen LogP contribution >= 0.6 is 0 Å². The van der Waals surface area contributed by atoms with E-state index in [1.165, 1.54) is 0 Å². The van der Waals surface area contributed by atoms with Gasteiger partial charge in [-0.1, -0.05) is 24.3 Å². The van der Waals surface area contributed by atoms with E-state index in [9.17, 15) is 4.79 Å². The van der Waals surface area contributed by atoms with Gasteiger partial charge in [0, 0.05) is 25.3 Å². The maximum absolute atomic E-state index is 12.5. The summed E-state index contributed by atoms with van der Waals surface area (Å²) in [7, 11) is 0. The number of carbonyl (C=O) groups excluding carboxylic acids is 1. The number of hydrogen-bond donors (Lipinski definition) is 0. The average molecular weight is 273 g/mol. The summed E-state index contributed by atoms with van der Waals surface area (Å²) < 4.78 is 5.50. The number of nitrogens with zero attached hydrogens (tertiary/aromatic N) is 1. The van der Waals surface area contributed by atoms with Gasteiger partial charge in [-0.25, -0.2) is 0 Å². The van der Waals surface area contributed by atoms with Crippen molar-refractivity contribution >= 4 is 5.91 Å². The Kier molecular flexibility index (Phi) is 5.36. The summed E-state index contributed by atoms with van der Waals surface area (Å²) in [6, 6.07) is 7.80. The first-order chi connectivity index (χ1) is 9.72. The van der Waals surface area contributed by atoms with Gasteiger partial charge in [0.2, 0.25) is 0 Å². The molecule has 1 fully saturated rings. The Labute approximate surface area is 121 Å². The SMILES string of the molecule is C=CCOCC1CCN(C(=O)c2ccccc2C)CC1. The summed E-state index contributed by atoms with van der Waals surface area (Å²) in [6.45, 7) is 8.68. The second-order valence-electron chi connectivity index (χ2n) is 5.38. The minimum atomic E-state index is 0.161. The standard InChI is InChI=1S/C17H23NO2/c1-3-12-20-13-15-8-10-18(11-9-15)17(19)16-7-5-4-6-14(16)2/h3-7,15H,1,8-13H2,2H3. The smallest absolute Gasteiger partial charge is 0.254 e. The average Bonchev–Trinajstić information content (AvgIpc) is 2.48. The molecular weight excluding hydrogens is 250 g/mol. The number of hydrogen-bond acceptors (Lipinski definition) is 2. The van der Waals surface area contributed by atoms with Gasteiger partial charge in [0.1, 0.15) is 0 Å². The maximum Gasteiger partial charge on any atom is 0.254 e. The zero-order valence-corrected chi connectivity index (χ0v) is 12.2. The van der Waals surface area contributed by atoms with E-state index in [0.29, 0.717) is 12.5 Å². The van der Waals surface area contributed by atoms with Crippen LogP contribution in [0.15, 0.2) is 36.9 Å². The number of ether oxygens (including phenoxy) is 1. The molecule has 0 atom stereocenters. The molecule has 1 heterocycles. The number of benzene rings is 1. The normalized spacial score (nSPS) is 16.1. The minimum absolute atomic E-state index is 0.161. The molecule has 0 aliphatic carbocycles. The Bertz CT molecular complexity index is 462. The van der Waals surface area contributed by atoms with Crippen molar-refractivity contribution < 1.29 is 9.53 Å². The summed E-state index contributed by atoms with van der Waals surface area (Å²) >= 11 is 0. The zero-order chi connectivity index (χ0) is 14.4.